The summed E-state index contributed by atoms with van der Waals surface area (Å²) in [6.45, 7) is 2.07. The van der Waals surface area contributed by atoms with Crippen LogP contribution in [0, 0.1) is 0 Å². The van der Waals surface area contributed by atoms with Gasteiger partial charge < -0.3 is 10.7 Å². The molecule has 84 valence electrons. The van der Waals surface area contributed by atoms with Gasteiger partial charge >= 0.3 is 0 Å². The Morgan fingerprint density at radius 1 is 1.44 bits per heavy atom. The minimum Gasteiger partial charge on any atom is -0.348 e. The average molecular weight is 236 g/mol. The molecule has 0 aliphatic heterocycles. The van der Waals surface area contributed by atoms with Gasteiger partial charge in [0.25, 0.3) is 0 Å². The first-order chi connectivity index (χ1) is 7.68. The summed E-state index contributed by atoms with van der Waals surface area (Å²) in [7, 11) is 0. The topological polar surface area (TPSA) is 54.7 Å². The zero-order valence-electron chi connectivity index (χ0n) is 9.02. The van der Waals surface area contributed by atoms with Gasteiger partial charge in [-0.25, -0.2) is 4.98 Å². The molecule has 2 atom stereocenters. The summed E-state index contributed by atoms with van der Waals surface area (Å²) in [5, 5.41) is 0.713. The SMILES string of the molecule is CC(c1cnc[nH]1)C(N)c1cccc(Cl)c1. The van der Waals surface area contributed by atoms with Crippen LogP contribution in [0.25, 0.3) is 0 Å². The van der Waals surface area contributed by atoms with Crippen LogP contribution >= 0.6 is 11.6 Å². The average Bonchev–Trinajstić information content (AvgIpc) is 2.80. The summed E-state index contributed by atoms with van der Waals surface area (Å²) in [6, 6.07) is 7.57. The van der Waals surface area contributed by atoms with Crippen molar-refractivity contribution in [2.75, 3.05) is 0 Å². The van der Waals surface area contributed by atoms with E-state index in [9.17, 15) is 0 Å². The summed E-state index contributed by atoms with van der Waals surface area (Å²) in [5.41, 5.74) is 8.26. The Morgan fingerprint density at radius 3 is 2.88 bits per heavy atom. The van der Waals surface area contributed by atoms with Crippen molar-refractivity contribution in [3.8, 4) is 0 Å². The number of hydrogen-bond donors (Lipinski definition) is 2. The van der Waals surface area contributed by atoms with E-state index < -0.39 is 0 Å². The highest BCUT2D eigenvalue weighted by Crippen LogP contribution is 2.28. The fourth-order valence-electron chi connectivity index (χ4n) is 1.71. The molecule has 0 spiro atoms. The van der Waals surface area contributed by atoms with E-state index in [1.165, 1.54) is 0 Å². The van der Waals surface area contributed by atoms with Gasteiger partial charge in [-0.3, -0.25) is 0 Å². The van der Waals surface area contributed by atoms with E-state index >= 15 is 0 Å². The van der Waals surface area contributed by atoms with E-state index in [1.807, 2.05) is 24.3 Å². The van der Waals surface area contributed by atoms with E-state index in [0.717, 1.165) is 11.3 Å². The lowest BCUT2D eigenvalue weighted by Gasteiger charge is -2.19. The van der Waals surface area contributed by atoms with Crippen LogP contribution in [0.1, 0.15) is 30.1 Å². The minimum absolute atomic E-state index is 0.0841. The lowest BCUT2D eigenvalue weighted by Crippen LogP contribution is -2.17. The van der Waals surface area contributed by atoms with Crippen LogP contribution in [-0.4, -0.2) is 9.97 Å². The molecule has 0 amide bonds. The number of rotatable bonds is 3. The van der Waals surface area contributed by atoms with Gasteiger partial charge in [-0.15, -0.1) is 0 Å². The van der Waals surface area contributed by atoms with E-state index in [1.54, 1.807) is 12.5 Å². The first kappa shape index (κ1) is 11.2. The molecule has 0 aliphatic rings. The Labute approximate surface area is 99.7 Å². The van der Waals surface area contributed by atoms with Gasteiger partial charge in [-0.2, -0.15) is 0 Å². The number of hydrogen-bond acceptors (Lipinski definition) is 2. The Kier molecular flexibility index (Phi) is 3.27. The summed E-state index contributed by atoms with van der Waals surface area (Å²) in [4.78, 5) is 7.08. The molecule has 0 aliphatic carbocycles. The molecule has 16 heavy (non-hydrogen) atoms. The smallest absolute Gasteiger partial charge is 0.0921 e. The normalized spacial score (nSPS) is 14.7. The van der Waals surface area contributed by atoms with Crippen LogP contribution in [0.5, 0.6) is 0 Å². The lowest BCUT2D eigenvalue weighted by molar-refractivity contribution is 0.586. The summed E-state index contributed by atoms with van der Waals surface area (Å²) >= 11 is 5.94. The van der Waals surface area contributed by atoms with Crippen molar-refractivity contribution in [3.05, 3.63) is 53.1 Å². The third-order valence-corrected chi connectivity index (χ3v) is 3.02. The molecule has 3 N–H and O–H groups in total. The number of aromatic amines is 1. The van der Waals surface area contributed by atoms with Crippen LogP contribution in [0.15, 0.2) is 36.8 Å². The second-order valence-corrected chi connectivity index (χ2v) is 4.31. The van der Waals surface area contributed by atoms with Crippen LogP contribution in [-0.2, 0) is 0 Å². The van der Waals surface area contributed by atoms with Gasteiger partial charge in [-0.05, 0) is 17.7 Å². The molecule has 2 unspecified atom stereocenters. The highest BCUT2D eigenvalue weighted by molar-refractivity contribution is 6.30. The molecule has 2 rings (SSSR count). The summed E-state index contributed by atoms with van der Waals surface area (Å²) in [5.74, 6) is 0.181. The van der Waals surface area contributed by atoms with Crippen molar-refractivity contribution >= 4 is 11.6 Å². The molecular formula is C12H14ClN3. The van der Waals surface area contributed by atoms with E-state index in [4.69, 9.17) is 17.3 Å². The maximum atomic E-state index is 6.19. The number of benzene rings is 1. The molecule has 1 aromatic heterocycles. The quantitative estimate of drug-likeness (QED) is 0.860. The fraction of sp³-hybridized carbons (Fsp3) is 0.250. The highest BCUT2D eigenvalue weighted by atomic mass is 35.5. The number of halogens is 1. The third-order valence-electron chi connectivity index (χ3n) is 2.78. The van der Waals surface area contributed by atoms with E-state index in [-0.39, 0.29) is 12.0 Å². The van der Waals surface area contributed by atoms with E-state index in [2.05, 4.69) is 16.9 Å². The minimum atomic E-state index is -0.0841. The Bertz CT molecular complexity index is 453. The molecule has 1 aromatic carbocycles. The first-order valence-electron chi connectivity index (χ1n) is 5.18. The van der Waals surface area contributed by atoms with Crippen molar-refractivity contribution in [1.82, 2.24) is 9.97 Å². The highest BCUT2D eigenvalue weighted by Gasteiger charge is 2.17. The van der Waals surface area contributed by atoms with Crippen molar-refractivity contribution in [2.24, 2.45) is 5.73 Å². The molecule has 0 saturated heterocycles. The standard InChI is InChI=1S/C12H14ClN3/c1-8(11-6-15-7-16-11)12(14)9-3-2-4-10(13)5-9/h2-8,12H,14H2,1H3,(H,15,16). The molecular weight excluding hydrogens is 222 g/mol. The van der Waals surface area contributed by atoms with Crippen molar-refractivity contribution in [3.63, 3.8) is 0 Å². The zero-order chi connectivity index (χ0) is 11.5. The number of nitrogens with one attached hydrogen (secondary N) is 1. The molecule has 1 heterocycles. The lowest BCUT2D eigenvalue weighted by atomic mass is 9.93. The molecule has 0 fully saturated rings. The predicted molar refractivity (Wildman–Crippen MR) is 65.4 cm³/mol. The van der Waals surface area contributed by atoms with Gasteiger partial charge in [0.1, 0.15) is 0 Å². The molecule has 0 saturated carbocycles. The Morgan fingerprint density at radius 2 is 2.25 bits per heavy atom. The number of aromatic nitrogens is 2. The molecule has 0 bridgehead atoms. The van der Waals surface area contributed by atoms with Gasteiger partial charge in [-0.1, -0.05) is 30.7 Å². The second-order valence-electron chi connectivity index (χ2n) is 3.88. The summed E-state index contributed by atoms with van der Waals surface area (Å²) in [6.07, 6.45) is 3.46. The zero-order valence-corrected chi connectivity index (χ0v) is 9.78. The van der Waals surface area contributed by atoms with Crippen LogP contribution < -0.4 is 5.73 Å². The van der Waals surface area contributed by atoms with Crippen molar-refractivity contribution in [2.45, 2.75) is 18.9 Å². The van der Waals surface area contributed by atoms with Gasteiger partial charge in [0, 0.05) is 28.9 Å². The molecule has 2 aromatic rings. The summed E-state index contributed by atoms with van der Waals surface area (Å²) < 4.78 is 0. The molecule has 0 radical (unpaired) electrons. The largest absolute Gasteiger partial charge is 0.348 e. The van der Waals surface area contributed by atoms with Gasteiger partial charge in [0.15, 0.2) is 0 Å². The van der Waals surface area contributed by atoms with Crippen LogP contribution in [0.2, 0.25) is 5.02 Å². The number of imidazole rings is 1. The molecule has 4 heteroatoms. The second kappa shape index (κ2) is 4.68. The number of nitrogens with two attached hydrogens (primary N) is 1. The van der Waals surface area contributed by atoms with Crippen molar-refractivity contribution < 1.29 is 0 Å². The number of nitrogens with zero attached hydrogens (tertiary/aromatic N) is 1. The predicted octanol–water partition coefficient (Wildman–Crippen LogP) is 2.87. The third kappa shape index (κ3) is 2.26. The first-order valence-corrected chi connectivity index (χ1v) is 5.55. The monoisotopic (exact) mass is 235 g/mol. The fourth-order valence-corrected chi connectivity index (χ4v) is 1.91. The number of H-pyrrole nitrogens is 1. The van der Waals surface area contributed by atoms with Gasteiger partial charge in [0.05, 0.1) is 6.33 Å². The Balaban J connectivity index is 2.22. The molecule has 3 nitrogen and oxygen atoms in total. The van der Waals surface area contributed by atoms with Crippen LogP contribution in [0.4, 0.5) is 0 Å². The van der Waals surface area contributed by atoms with Gasteiger partial charge in [0.2, 0.25) is 0 Å². The van der Waals surface area contributed by atoms with Crippen LogP contribution in [0.3, 0.4) is 0 Å². The maximum absolute atomic E-state index is 6.19. The Hall–Kier alpha value is -1.32. The van der Waals surface area contributed by atoms with E-state index in [0.29, 0.717) is 5.02 Å². The van der Waals surface area contributed by atoms with Crippen molar-refractivity contribution in [1.29, 1.82) is 0 Å². The maximum Gasteiger partial charge on any atom is 0.0921 e.